The molecule has 0 saturated carbocycles. The highest BCUT2D eigenvalue weighted by Crippen LogP contribution is 2.30. The van der Waals surface area contributed by atoms with Crippen LogP contribution in [0.5, 0.6) is 0 Å². The highest BCUT2D eigenvalue weighted by atomic mass is 35.5. The van der Waals surface area contributed by atoms with Gasteiger partial charge in [-0.2, -0.15) is 5.10 Å². The first-order valence-electron chi connectivity index (χ1n) is 5.87. The van der Waals surface area contributed by atoms with Crippen LogP contribution in [-0.2, 0) is 12.8 Å². The molecule has 1 N–H and O–H groups in total. The molecule has 0 spiro atoms. The molecule has 2 aromatic rings. The Balaban J connectivity index is 2.18. The van der Waals surface area contributed by atoms with Gasteiger partial charge in [-0.3, -0.25) is 0 Å². The molecule has 0 unspecified atom stereocenters. The Kier molecular flexibility index (Phi) is 2.99. The monoisotopic (exact) mass is 296 g/mol. The van der Waals surface area contributed by atoms with Gasteiger partial charge in [-0.1, -0.05) is 23.2 Å². The third kappa shape index (κ3) is 2.01. The van der Waals surface area contributed by atoms with E-state index in [2.05, 4.69) is 5.10 Å². The van der Waals surface area contributed by atoms with Crippen molar-refractivity contribution in [2.45, 2.75) is 19.3 Å². The largest absolute Gasteiger partial charge is 0.476 e. The third-order valence-electron chi connectivity index (χ3n) is 3.28. The van der Waals surface area contributed by atoms with Gasteiger partial charge < -0.3 is 5.11 Å². The van der Waals surface area contributed by atoms with E-state index in [4.69, 9.17) is 23.2 Å². The first kappa shape index (κ1) is 12.5. The maximum absolute atomic E-state index is 11.2. The number of carboxylic acids is 1. The number of aromatic carboxylic acids is 1. The van der Waals surface area contributed by atoms with E-state index < -0.39 is 5.97 Å². The predicted molar refractivity (Wildman–Crippen MR) is 72.6 cm³/mol. The summed E-state index contributed by atoms with van der Waals surface area (Å²) in [6.45, 7) is 0. The van der Waals surface area contributed by atoms with Gasteiger partial charge in [0.05, 0.1) is 15.7 Å². The molecule has 98 valence electrons. The van der Waals surface area contributed by atoms with E-state index in [1.54, 1.807) is 22.9 Å². The van der Waals surface area contributed by atoms with Crippen molar-refractivity contribution in [2.75, 3.05) is 0 Å². The molecule has 19 heavy (non-hydrogen) atoms. The third-order valence-corrected chi connectivity index (χ3v) is 4.02. The second-order valence-corrected chi connectivity index (χ2v) is 5.26. The summed E-state index contributed by atoms with van der Waals surface area (Å²) in [7, 11) is 0. The minimum absolute atomic E-state index is 0.138. The fraction of sp³-hybridized carbons (Fsp3) is 0.231. The van der Waals surface area contributed by atoms with Gasteiger partial charge in [-0.25, -0.2) is 9.48 Å². The zero-order chi connectivity index (χ0) is 13.6. The first-order chi connectivity index (χ1) is 9.08. The average Bonchev–Trinajstić information content (AvgIpc) is 2.93. The molecule has 0 saturated heterocycles. The molecule has 6 heteroatoms. The zero-order valence-electron chi connectivity index (χ0n) is 9.86. The van der Waals surface area contributed by atoms with E-state index in [1.807, 2.05) is 0 Å². The van der Waals surface area contributed by atoms with Crippen LogP contribution >= 0.6 is 23.2 Å². The molecule has 1 aromatic heterocycles. The normalized spacial score (nSPS) is 13.6. The van der Waals surface area contributed by atoms with E-state index in [-0.39, 0.29) is 5.69 Å². The molecule has 1 aromatic carbocycles. The summed E-state index contributed by atoms with van der Waals surface area (Å²) < 4.78 is 1.66. The number of rotatable bonds is 2. The zero-order valence-corrected chi connectivity index (χ0v) is 11.4. The number of carboxylic acid groups (broad SMARTS) is 1. The Morgan fingerprint density at radius 2 is 2.05 bits per heavy atom. The lowest BCUT2D eigenvalue weighted by Gasteiger charge is -2.06. The van der Waals surface area contributed by atoms with Crippen molar-refractivity contribution in [3.8, 4) is 5.69 Å². The minimum Gasteiger partial charge on any atom is -0.476 e. The average molecular weight is 297 g/mol. The van der Waals surface area contributed by atoms with Crippen LogP contribution in [0.1, 0.15) is 28.2 Å². The van der Waals surface area contributed by atoms with Crippen molar-refractivity contribution in [1.29, 1.82) is 0 Å². The number of nitrogens with zero attached hydrogens (tertiary/aromatic N) is 2. The number of benzene rings is 1. The molecule has 1 aliphatic rings. The molecule has 0 amide bonds. The Morgan fingerprint density at radius 1 is 1.26 bits per heavy atom. The molecule has 1 aliphatic carbocycles. The molecule has 0 bridgehead atoms. The topological polar surface area (TPSA) is 55.1 Å². The molecule has 0 radical (unpaired) electrons. The van der Waals surface area contributed by atoms with Crippen LogP contribution in [0.15, 0.2) is 18.2 Å². The Labute approximate surface area is 119 Å². The second-order valence-electron chi connectivity index (χ2n) is 4.44. The fourth-order valence-corrected chi connectivity index (χ4v) is 2.73. The Bertz CT molecular complexity index is 680. The second kappa shape index (κ2) is 4.54. The lowest BCUT2D eigenvalue weighted by Crippen LogP contribution is -2.04. The van der Waals surface area contributed by atoms with Gasteiger partial charge in [0.15, 0.2) is 5.69 Å². The maximum atomic E-state index is 11.2. The van der Waals surface area contributed by atoms with Crippen LogP contribution in [0, 0.1) is 0 Å². The molecule has 4 nitrogen and oxygen atoms in total. The van der Waals surface area contributed by atoms with E-state index in [9.17, 15) is 9.90 Å². The summed E-state index contributed by atoms with van der Waals surface area (Å²) in [5.74, 6) is -0.989. The smallest absolute Gasteiger partial charge is 0.356 e. The van der Waals surface area contributed by atoms with E-state index >= 15 is 0 Å². The summed E-state index contributed by atoms with van der Waals surface area (Å²) in [6.07, 6.45) is 2.54. The fourth-order valence-electron chi connectivity index (χ4n) is 2.44. The van der Waals surface area contributed by atoms with Crippen LogP contribution in [0.25, 0.3) is 5.69 Å². The number of hydrogen-bond donors (Lipinski definition) is 1. The van der Waals surface area contributed by atoms with Gasteiger partial charge in [0, 0.05) is 11.3 Å². The maximum Gasteiger partial charge on any atom is 0.356 e. The van der Waals surface area contributed by atoms with Crippen molar-refractivity contribution >= 4 is 29.2 Å². The molecular weight excluding hydrogens is 287 g/mol. The van der Waals surface area contributed by atoms with Crippen molar-refractivity contribution < 1.29 is 9.90 Å². The van der Waals surface area contributed by atoms with Gasteiger partial charge in [0.1, 0.15) is 0 Å². The van der Waals surface area contributed by atoms with Crippen molar-refractivity contribution in [1.82, 2.24) is 9.78 Å². The number of aromatic nitrogens is 2. The summed E-state index contributed by atoms with van der Waals surface area (Å²) >= 11 is 11.9. The van der Waals surface area contributed by atoms with Crippen LogP contribution in [-0.4, -0.2) is 20.9 Å². The van der Waals surface area contributed by atoms with E-state index in [0.29, 0.717) is 10.0 Å². The van der Waals surface area contributed by atoms with E-state index in [1.165, 1.54) is 0 Å². The van der Waals surface area contributed by atoms with Gasteiger partial charge in [0.2, 0.25) is 0 Å². The standard InChI is InChI=1S/C13H10Cl2N2O2/c14-9-5-4-7(6-10(9)15)17-11-3-1-2-8(11)12(16-17)13(18)19/h4-6H,1-3H2,(H,18,19). The van der Waals surface area contributed by atoms with Crippen LogP contribution < -0.4 is 0 Å². The van der Waals surface area contributed by atoms with Gasteiger partial charge in [-0.15, -0.1) is 0 Å². The SMILES string of the molecule is O=C(O)c1nn(-c2ccc(Cl)c(Cl)c2)c2c1CCC2. The van der Waals surface area contributed by atoms with Gasteiger partial charge in [0.25, 0.3) is 0 Å². The van der Waals surface area contributed by atoms with Crippen molar-refractivity contribution in [2.24, 2.45) is 0 Å². The predicted octanol–water partition coefficient (Wildman–Crippen LogP) is 3.37. The lowest BCUT2D eigenvalue weighted by molar-refractivity contribution is 0.0689. The van der Waals surface area contributed by atoms with Crippen LogP contribution in [0.3, 0.4) is 0 Å². The number of hydrogen-bond acceptors (Lipinski definition) is 2. The van der Waals surface area contributed by atoms with Crippen LogP contribution in [0.4, 0.5) is 0 Å². The summed E-state index contributed by atoms with van der Waals surface area (Å²) in [5.41, 5.74) is 2.66. The number of fused-ring (bicyclic) bond motifs is 1. The molecular formula is C13H10Cl2N2O2. The molecule has 3 rings (SSSR count). The van der Waals surface area contributed by atoms with Gasteiger partial charge in [-0.05, 0) is 37.5 Å². The highest BCUT2D eigenvalue weighted by molar-refractivity contribution is 6.42. The molecule has 0 fully saturated rings. The number of carbonyl (C=O) groups is 1. The summed E-state index contributed by atoms with van der Waals surface area (Å²) in [5, 5.41) is 14.3. The minimum atomic E-state index is -0.989. The van der Waals surface area contributed by atoms with Crippen LogP contribution in [0.2, 0.25) is 10.0 Å². The summed E-state index contributed by atoms with van der Waals surface area (Å²) in [6, 6.07) is 5.16. The highest BCUT2D eigenvalue weighted by Gasteiger charge is 2.26. The quantitative estimate of drug-likeness (QED) is 0.924. The lowest BCUT2D eigenvalue weighted by atomic mass is 10.2. The van der Waals surface area contributed by atoms with Gasteiger partial charge >= 0.3 is 5.97 Å². The first-order valence-corrected chi connectivity index (χ1v) is 6.63. The Hall–Kier alpha value is -1.52. The molecule has 1 heterocycles. The molecule has 0 aliphatic heterocycles. The van der Waals surface area contributed by atoms with E-state index in [0.717, 1.165) is 36.2 Å². The Morgan fingerprint density at radius 3 is 2.74 bits per heavy atom. The van der Waals surface area contributed by atoms with Crippen molar-refractivity contribution in [3.05, 3.63) is 45.2 Å². The van der Waals surface area contributed by atoms with Crippen molar-refractivity contribution in [3.63, 3.8) is 0 Å². The number of halogens is 2. The molecule has 0 atom stereocenters. The summed E-state index contributed by atoms with van der Waals surface area (Å²) in [4.78, 5) is 11.2.